The van der Waals surface area contributed by atoms with Crippen molar-refractivity contribution in [2.24, 2.45) is 11.7 Å². The summed E-state index contributed by atoms with van der Waals surface area (Å²) >= 11 is 14.4. The highest BCUT2D eigenvalue weighted by Gasteiger charge is 2.53. The zero-order chi connectivity index (χ0) is 91.2. The van der Waals surface area contributed by atoms with Crippen LogP contribution in [0.3, 0.4) is 0 Å². The van der Waals surface area contributed by atoms with Crippen molar-refractivity contribution >= 4 is 82.1 Å². The summed E-state index contributed by atoms with van der Waals surface area (Å²) in [6, 6.07) is 11.0. The molecule has 0 saturated carbocycles. The minimum absolute atomic E-state index is 0.0103. The van der Waals surface area contributed by atoms with Crippen molar-refractivity contribution in [3.63, 3.8) is 0 Å². The third-order valence-electron chi connectivity index (χ3n) is 21.6. The van der Waals surface area contributed by atoms with Gasteiger partial charge in [0.15, 0.2) is 23.9 Å². The summed E-state index contributed by atoms with van der Waals surface area (Å²) in [5.74, 6) is -16.3. The van der Waals surface area contributed by atoms with Crippen LogP contribution in [0.5, 0.6) is 51.7 Å². The average Bonchev–Trinajstić information content (AvgIpc) is 0.767. The van der Waals surface area contributed by atoms with Crippen molar-refractivity contribution in [2.75, 3.05) is 25.5 Å². The van der Waals surface area contributed by atoms with Crippen LogP contribution in [0.4, 0.5) is 18.9 Å². The van der Waals surface area contributed by atoms with Crippen LogP contribution in [0.2, 0.25) is 10.0 Å². The first-order valence-corrected chi connectivity index (χ1v) is 40.4. The molecule has 14 rings (SSSR count). The summed E-state index contributed by atoms with van der Waals surface area (Å²) in [4.78, 5) is 133. The second kappa shape index (κ2) is 39.4. The summed E-state index contributed by atoms with van der Waals surface area (Å²) in [5, 5.41) is 130. The number of phenols is 3. The first-order valence-electron chi connectivity index (χ1n) is 39.7. The number of hydrogen-bond acceptors (Lipinski definition) is 28. The van der Waals surface area contributed by atoms with E-state index in [-0.39, 0.29) is 60.7 Å². The highest BCUT2D eigenvalue weighted by molar-refractivity contribution is 6.32. The standard InChI is InChI=1S/C84H93Cl2F3N12O25/c1-7-93-101-81(119)65-47-29-44(103)30-53(105)62(47)46-24-39(13-18-52(46)104)63-77(115)100-67(80(118)98-65)69(109)41-15-20-55(49(86)26-41)122-57-28-42-27-56(121-54-19-14-40(25-48(54)85)68(108)66(99-75(113)50(91-6)21-35(2)3)79(117)95-51(31-59(90)106)76(114)96-64(42)78(116)97-63)72(57)125-82-73(71(111)70(110)58(34-102)123-82)124-61-32-83(5,74(112)36(4)120-61)92-33-38-9-8-10-43(22-38)94-60(107)23-37-11-16-45(17-12-37)126-84(87,88)89/h8-20,22,24-30,35-36,50-51,58,61,63-71,73-74,82,91-93,102-105,108-112H,7,21,23,31-34H2,1-6H3,(H2,90,106)(H,94,107)(H,95,117)(H,96,114)(H,97,116)(H,98,118)(H,99,113)(H,100,115)(H,101,119)/t36-,50+,51-,58+,61-,63+,64+,65+,66+,67-,68+,69+,70+,71-,73+,74+,82-,83-/m0/s1. The van der Waals surface area contributed by atoms with Gasteiger partial charge < -0.3 is 133 Å². The maximum atomic E-state index is 16.3. The van der Waals surface area contributed by atoms with E-state index in [1.807, 2.05) is 13.8 Å². The van der Waals surface area contributed by atoms with E-state index in [0.29, 0.717) is 16.8 Å². The topological polar surface area (TPSA) is 559 Å². The number of hydrogen-bond donors (Lipinski definition) is 21. The van der Waals surface area contributed by atoms with E-state index in [4.69, 9.17) is 57.4 Å². The van der Waals surface area contributed by atoms with E-state index in [1.54, 1.807) is 38.1 Å². The normalized spacial score (nSPS) is 25.9. The van der Waals surface area contributed by atoms with Crippen LogP contribution in [0.1, 0.15) is 123 Å². The predicted molar refractivity (Wildman–Crippen MR) is 438 cm³/mol. The highest BCUT2D eigenvalue weighted by atomic mass is 35.5. The summed E-state index contributed by atoms with van der Waals surface area (Å²) in [6.07, 6.45) is -24.7. The van der Waals surface area contributed by atoms with Gasteiger partial charge in [0.2, 0.25) is 59.3 Å². The van der Waals surface area contributed by atoms with Gasteiger partial charge in [-0.1, -0.05) is 86.4 Å². The quantitative estimate of drug-likeness (QED) is 0.0431. The van der Waals surface area contributed by atoms with Crippen LogP contribution < -0.4 is 83.4 Å². The predicted octanol–water partition coefficient (Wildman–Crippen LogP) is 3.57. The molecule has 7 aromatic carbocycles. The number of aromatic hydroxyl groups is 3. The molecule has 42 heteroatoms. The van der Waals surface area contributed by atoms with Gasteiger partial charge in [0.25, 0.3) is 5.91 Å². The molecule has 22 N–H and O–H groups in total. The Kier molecular flexibility index (Phi) is 29.2. The number of aliphatic hydroxyl groups excluding tert-OH is 6. The molecule has 0 unspecified atom stereocenters. The number of rotatable bonds is 22. The van der Waals surface area contributed by atoms with Gasteiger partial charge in [0.05, 0.1) is 47.7 Å². The third-order valence-corrected chi connectivity index (χ3v) is 22.2. The summed E-state index contributed by atoms with van der Waals surface area (Å²) in [7, 11) is 1.46. The number of aliphatic hydroxyl groups is 6. The zero-order valence-corrected chi connectivity index (χ0v) is 69.5. The van der Waals surface area contributed by atoms with E-state index < -0.39 is 260 Å². The van der Waals surface area contributed by atoms with Crippen LogP contribution in [-0.2, 0) is 70.3 Å². The second-order valence-electron chi connectivity index (χ2n) is 31.3. The number of alkyl halides is 3. The number of nitrogens with two attached hydrogens (primary N) is 1. The van der Waals surface area contributed by atoms with Gasteiger partial charge in [0.1, 0.15) is 101 Å². The number of fused-ring (bicyclic) bond motifs is 15. The van der Waals surface area contributed by atoms with Crippen molar-refractivity contribution in [1.29, 1.82) is 0 Å². The highest BCUT2D eigenvalue weighted by Crippen LogP contribution is 2.50. The molecule has 2 fully saturated rings. The van der Waals surface area contributed by atoms with Gasteiger partial charge >= 0.3 is 6.36 Å². The molecule has 0 radical (unpaired) electrons. The molecule has 0 aliphatic carbocycles. The van der Waals surface area contributed by atoms with Crippen LogP contribution in [0.15, 0.2) is 127 Å². The first-order chi connectivity index (χ1) is 59.7. The lowest BCUT2D eigenvalue weighted by molar-refractivity contribution is -0.334. The first kappa shape index (κ1) is 93.4. The lowest BCUT2D eigenvalue weighted by Crippen LogP contribution is -2.65. The second-order valence-corrected chi connectivity index (χ2v) is 32.1. The molecule has 37 nitrogen and oxygen atoms in total. The number of nitrogens with one attached hydrogen (secondary N) is 11. The van der Waals surface area contributed by atoms with E-state index in [9.17, 15) is 78.3 Å². The minimum atomic E-state index is -4.93. The largest absolute Gasteiger partial charge is 0.573 e. The third kappa shape index (κ3) is 21.7. The molecule has 674 valence electrons. The summed E-state index contributed by atoms with van der Waals surface area (Å²) < 4.78 is 81.9. The van der Waals surface area contributed by atoms with E-state index in [2.05, 4.69) is 63.4 Å². The van der Waals surface area contributed by atoms with Gasteiger partial charge in [-0.05, 0) is 151 Å². The zero-order valence-electron chi connectivity index (χ0n) is 68.0. The number of carbonyl (C=O) groups excluding carboxylic acids is 9. The Hall–Kier alpha value is -11.7. The molecule has 9 amide bonds. The fraction of sp³-hybridized carbons (Fsp3) is 0.393. The molecule has 7 aromatic rings. The fourth-order valence-corrected chi connectivity index (χ4v) is 15.6. The van der Waals surface area contributed by atoms with Crippen LogP contribution in [0, 0.1) is 5.92 Å². The molecule has 7 aliphatic rings. The number of hydrazine groups is 1. The van der Waals surface area contributed by atoms with Gasteiger partial charge in [-0.25, -0.2) is 5.43 Å². The number of primary amides is 1. The molecule has 0 spiro atoms. The molecule has 7 heterocycles. The van der Waals surface area contributed by atoms with Crippen molar-refractivity contribution < 1.29 is 135 Å². The van der Waals surface area contributed by atoms with Crippen molar-refractivity contribution in [1.82, 2.24) is 53.4 Å². The van der Waals surface area contributed by atoms with Crippen molar-refractivity contribution in [3.05, 3.63) is 176 Å². The minimum Gasteiger partial charge on any atom is -0.508 e. The smallest absolute Gasteiger partial charge is 0.508 e. The van der Waals surface area contributed by atoms with E-state index in [0.717, 1.165) is 78.9 Å². The number of carbonyl (C=O) groups is 9. The lowest BCUT2D eigenvalue weighted by Gasteiger charge is -2.48. The van der Waals surface area contributed by atoms with Crippen LogP contribution in [0.25, 0.3) is 11.1 Å². The Morgan fingerprint density at radius 2 is 1.34 bits per heavy atom. The number of amides is 9. The van der Waals surface area contributed by atoms with E-state index >= 15 is 24.0 Å². The number of anilines is 1. The van der Waals surface area contributed by atoms with Gasteiger partial charge in [-0.3, -0.25) is 48.6 Å². The van der Waals surface area contributed by atoms with Crippen LogP contribution >= 0.6 is 23.2 Å². The molecular formula is C84H93Cl2F3N12O25. The maximum absolute atomic E-state index is 16.3. The molecule has 7 aliphatic heterocycles. The van der Waals surface area contributed by atoms with Gasteiger partial charge in [-0.2, -0.15) is 0 Å². The Labute approximate surface area is 726 Å². The van der Waals surface area contributed by atoms with Crippen LogP contribution in [-0.4, -0.2) is 205 Å². The Balaban J connectivity index is 0.999. The van der Waals surface area contributed by atoms with Gasteiger partial charge in [-0.15, -0.1) is 13.2 Å². The van der Waals surface area contributed by atoms with Crippen molar-refractivity contribution in [2.45, 2.75) is 182 Å². The maximum Gasteiger partial charge on any atom is 0.573 e. The molecule has 2 saturated heterocycles. The van der Waals surface area contributed by atoms with Gasteiger partial charge in [0, 0.05) is 47.9 Å². The lowest BCUT2D eigenvalue weighted by atomic mass is 9.84. The van der Waals surface area contributed by atoms with Crippen molar-refractivity contribution in [3.8, 4) is 62.9 Å². The Morgan fingerprint density at radius 3 is 1.97 bits per heavy atom. The summed E-state index contributed by atoms with van der Waals surface area (Å²) in [5.41, 5.74) is 8.07. The average molecular weight is 1800 g/mol. The number of likely N-dealkylation sites (N-methyl/N-ethyl adjacent to an activating group) is 1. The number of phenolic OH excluding ortho intramolecular Hbond substituents is 3. The number of benzene rings is 7. The molecule has 126 heavy (non-hydrogen) atoms. The number of ether oxygens (including phenoxy) is 7. The number of halogens is 5. The molecular weight excluding hydrogens is 1700 g/mol. The molecule has 18 atom stereocenters. The summed E-state index contributed by atoms with van der Waals surface area (Å²) in [6.45, 7) is 7.40. The molecule has 11 bridgehead atoms. The SMILES string of the molecule is CCNNC(=O)[C@@H]1NC(=O)[C@H]2NC(=O)[C@H](NC(=O)[C@@H]3NC(=O)[C@H](CC(N)=O)NC(=O)[C@H](NC(=O)[C@@H](CC(C)C)NC)[C@H](O)c4ccc(c(Cl)c4)Oc4cc3cc(c4O[C@@H]3O[C@H](CO)[C@@H](O)[C@H](O)[C@H]3O[C@H]3C[C@](C)(NCc4cccc(NC(=O)Cc5ccc(OC(F)(F)F)cc5)c4)[C@H](O)[C@H](C)O3)Oc3ccc(cc3Cl)[C@H]2O)c2ccc(O)c(c2)-c2c(O)cc(O)cc21. The fourth-order valence-electron chi connectivity index (χ4n) is 15.2. The molecule has 0 aromatic heterocycles. The Bertz CT molecular complexity index is 5280. The monoisotopic (exact) mass is 1800 g/mol. The Morgan fingerprint density at radius 1 is 0.698 bits per heavy atom. The van der Waals surface area contributed by atoms with E-state index in [1.165, 1.54) is 38.2 Å².